The van der Waals surface area contributed by atoms with Gasteiger partial charge in [-0.3, -0.25) is 9.59 Å². The van der Waals surface area contributed by atoms with Gasteiger partial charge in [0.2, 0.25) is 0 Å². The number of aromatic nitrogens is 3. The fourth-order valence-corrected chi connectivity index (χ4v) is 3.96. The number of nitrogens with one attached hydrogen (secondary N) is 2. The monoisotopic (exact) mass is 422 g/mol. The third-order valence-electron chi connectivity index (χ3n) is 4.63. The summed E-state index contributed by atoms with van der Waals surface area (Å²) in [6.07, 6.45) is 0. The zero-order chi connectivity index (χ0) is 21.5. The van der Waals surface area contributed by atoms with E-state index in [1.165, 1.54) is 0 Å². The fraction of sp³-hybridized carbons (Fsp3) is 0.273. The Morgan fingerprint density at radius 2 is 1.93 bits per heavy atom. The number of H-pyrrole nitrogens is 1. The van der Waals surface area contributed by atoms with E-state index < -0.39 is 11.5 Å². The lowest BCUT2D eigenvalue weighted by Crippen LogP contribution is -2.33. The summed E-state index contributed by atoms with van der Waals surface area (Å²) in [4.78, 5) is 36.7. The van der Waals surface area contributed by atoms with Crippen LogP contribution in [0.25, 0.3) is 21.0 Å². The van der Waals surface area contributed by atoms with Crippen molar-refractivity contribution in [3.63, 3.8) is 0 Å². The molecule has 4 rings (SSSR count). The van der Waals surface area contributed by atoms with E-state index in [4.69, 9.17) is 4.42 Å². The summed E-state index contributed by atoms with van der Waals surface area (Å²) in [6, 6.07) is 11.5. The van der Waals surface area contributed by atoms with Crippen LogP contribution in [0.4, 0.5) is 0 Å². The van der Waals surface area contributed by atoms with Crippen LogP contribution in [-0.4, -0.2) is 20.9 Å². The summed E-state index contributed by atoms with van der Waals surface area (Å²) in [7, 11) is 0. The molecular formula is C22H22N4O3S. The molecule has 7 nitrogen and oxygen atoms in total. The number of carbonyl (C=O) groups excluding carboxylic acids is 1. The first-order valence-corrected chi connectivity index (χ1v) is 10.4. The van der Waals surface area contributed by atoms with Crippen molar-refractivity contribution in [2.75, 3.05) is 0 Å². The largest absolute Gasteiger partial charge is 0.457 e. The van der Waals surface area contributed by atoms with E-state index in [0.29, 0.717) is 23.0 Å². The van der Waals surface area contributed by atoms with Gasteiger partial charge in [-0.2, -0.15) is 0 Å². The van der Waals surface area contributed by atoms with Crippen LogP contribution in [0.15, 0.2) is 45.6 Å². The van der Waals surface area contributed by atoms with Gasteiger partial charge in [0, 0.05) is 5.41 Å². The summed E-state index contributed by atoms with van der Waals surface area (Å²) in [5.41, 5.74) is 0.574. The highest BCUT2D eigenvalue weighted by Gasteiger charge is 2.22. The molecule has 0 aliphatic carbocycles. The first-order chi connectivity index (χ1) is 14.2. The first-order valence-electron chi connectivity index (χ1n) is 9.56. The summed E-state index contributed by atoms with van der Waals surface area (Å²) >= 11 is 1.55. The molecule has 0 aliphatic heterocycles. The van der Waals surface area contributed by atoms with Crippen molar-refractivity contribution >= 4 is 27.5 Å². The van der Waals surface area contributed by atoms with Crippen molar-refractivity contribution in [1.29, 1.82) is 0 Å². The average molecular weight is 423 g/mol. The highest BCUT2D eigenvalue weighted by Crippen LogP contribution is 2.31. The van der Waals surface area contributed by atoms with E-state index in [2.05, 4.69) is 20.3 Å². The van der Waals surface area contributed by atoms with Crippen molar-refractivity contribution in [2.45, 2.75) is 39.7 Å². The standard InChI is InChI=1S/C22H22N4O3S/c1-12-17(19(28)26-21(24-12)22(2,3)4)18(27)23-11-13-9-10-15(29-13)20-25-14-7-5-6-8-16(14)30-20/h5-10H,11H2,1-4H3,(H,23,27)(H,24,26,28). The highest BCUT2D eigenvalue weighted by atomic mass is 32.1. The lowest BCUT2D eigenvalue weighted by molar-refractivity contribution is 0.0945. The Kier molecular flexibility index (Phi) is 5.03. The van der Waals surface area contributed by atoms with Crippen molar-refractivity contribution in [1.82, 2.24) is 20.3 Å². The second-order valence-electron chi connectivity index (χ2n) is 8.06. The van der Waals surface area contributed by atoms with Crippen LogP contribution in [-0.2, 0) is 12.0 Å². The van der Waals surface area contributed by atoms with Crippen molar-refractivity contribution in [3.05, 3.63) is 69.6 Å². The van der Waals surface area contributed by atoms with Crippen LogP contribution in [0.2, 0.25) is 0 Å². The molecule has 0 saturated carbocycles. The van der Waals surface area contributed by atoms with E-state index in [1.54, 1.807) is 24.3 Å². The van der Waals surface area contributed by atoms with Gasteiger partial charge in [-0.25, -0.2) is 9.97 Å². The van der Waals surface area contributed by atoms with Crippen molar-refractivity contribution in [2.24, 2.45) is 0 Å². The van der Waals surface area contributed by atoms with Gasteiger partial charge < -0.3 is 14.7 Å². The highest BCUT2D eigenvalue weighted by molar-refractivity contribution is 7.21. The molecule has 0 unspecified atom stereocenters. The quantitative estimate of drug-likeness (QED) is 0.514. The molecule has 0 fully saturated rings. The van der Waals surface area contributed by atoms with Crippen LogP contribution in [0.1, 0.15) is 48.4 Å². The van der Waals surface area contributed by atoms with Gasteiger partial charge in [-0.15, -0.1) is 11.3 Å². The molecule has 30 heavy (non-hydrogen) atoms. The Morgan fingerprint density at radius 1 is 1.17 bits per heavy atom. The number of benzene rings is 1. The molecule has 0 radical (unpaired) electrons. The first kappa shape index (κ1) is 20.0. The lowest BCUT2D eigenvalue weighted by Gasteiger charge is -2.18. The van der Waals surface area contributed by atoms with Gasteiger partial charge >= 0.3 is 0 Å². The number of aryl methyl sites for hydroxylation is 1. The number of hydrogen-bond acceptors (Lipinski definition) is 6. The molecule has 0 atom stereocenters. The Balaban J connectivity index is 1.49. The lowest BCUT2D eigenvalue weighted by atomic mass is 9.95. The molecule has 2 N–H and O–H groups in total. The van der Waals surface area contributed by atoms with Crippen LogP contribution in [0.3, 0.4) is 0 Å². The van der Waals surface area contributed by atoms with Crippen LogP contribution in [0, 0.1) is 6.92 Å². The normalized spacial score (nSPS) is 11.7. The number of carbonyl (C=O) groups is 1. The molecule has 1 amide bonds. The predicted molar refractivity (Wildman–Crippen MR) is 117 cm³/mol. The molecule has 0 aliphatic rings. The van der Waals surface area contributed by atoms with Crippen molar-refractivity contribution < 1.29 is 9.21 Å². The molecule has 154 valence electrons. The predicted octanol–water partition coefficient (Wildman–Crippen LogP) is 4.18. The zero-order valence-corrected chi connectivity index (χ0v) is 18.0. The molecule has 4 aromatic rings. The molecule has 3 aromatic heterocycles. The second kappa shape index (κ2) is 7.53. The molecule has 0 saturated heterocycles. The molecule has 3 heterocycles. The SMILES string of the molecule is Cc1nc(C(C)(C)C)[nH]c(=O)c1C(=O)NCc1ccc(-c2nc3ccccc3s2)o1. The van der Waals surface area contributed by atoms with E-state index in [-0.39, 0.29) is 17.5 Å². The molecule has 0 spiro atoms. The van der Waals surface area contributed by atoms with Gasteiger partial charge in [0.05, 0.1) is 22.5 Å². The molecule has 1 aromatic carbocycles. The number of thiazole rings is 1. The van der Waals surface area contributed by atoms with Gasteiger partial charge in [0.25, 0.3) is 11.5 Å². The molecule has 0 bridgehead atoms. The van der Waals surface area contributed by atoms with E-state index in [0.717, 1.165) is 15.2 Å². The fourth-order valence-electron chi connectivity index (χ4n) is 3.03. The smallest absolute Gasteiger partial charge is 0.264 e. The topological polar surface area (TPSA) is 101 Å². The minimum atomic E-state index is -0.486. The second-order valence-corrected chi connectivity index (χ2v) is 9.09. The number of amides is 1. The van der Waals surface area contributed by atoms with E-state index in [1.807, 2.05) is 51.1 Å². The van der Waals surface area contributed by atoms with Gasteiger partial charge in [-0.1, -0.05) is 32.9 Å². The maximum atomic E-state index is 12.6. The number of furan rings is 1. The van der Waals surface area contributed by atoms with Crippen LogP contribution < -0.4 is 10.9 Å². The third kappa shape index (κ3) is 3.91. The number of rotatable bonds is 4. The Hall–Kier alpha value is -3.26. The number of hydrogen-bond donors (Lipinski definition) is 2. The Labute approximate surface area is 177 Å². The van der Waals surface area contributed by atoms with Gasteiger partial charge in [0.15, 0.2) is 10.8 Å². The van der Waals surface area contributed by atoms with Crippen molar-refractivity contribution in [3.8, 4) is 10.8 Å². The molecular weight excluding hydrogens is 400 g/mol. The summed E-state index contributed by atoms with van der Waals surface area (Å²) in [6.45, 7) is 7.67. The van der Waals surface area contributed by atoms with Crippen LogP contribution in [0.5, 0.6) is 0 Å². The Morgan fingerprint density at radius 3 is 2.63 bits per heavy atom. The minimum absolute atomic E-state index is 0.0148. The van der Waals surface area contributed by atoms with Gasteiger partial charge in [0.1, 0.15) is 17.1 Å². The van der Waals surface area contributed by atoms with E-state index >= 15 is 0 Å². The number of fused-ring (bicyclic) bond motifs is 1. The molecule has 8 heteroatoms. The average Bonchev–Trinajstić information content (AvgIpc) is 3.31. The maximum Gasteiger partial charge on any atom is 0.264 e. The zero-order valence-electron chi connectivity index (χ0n) is 17.2. The Bertz CT molecular complexity index is 1260. The maximum absolute atomic E-state index is 12.6. The number of nitrogens with zero attached hydrogens (tertiary/aromatic N) is 2. The third-order valence-corrected chi connectivity index (χ3v) is 5.68. The van der Waals surface area contributed by atoms with Crippen LogP contribution >= 0.6 is 11.3 Å². The summed E-state index contributed by atoms with van der Waals surface area (Å²) in [5.74, 6) is 1.28. The minimum Gasteiger partial charge on any atom is -0.457 e. The summed E-state index contributed by atoms with van der Waals surface area (Å²) < 4.78 is 6.92. The van der Waals surface area contributed by atoms with E-state index in [9.17, 15) is 9.59 Å². The van der Waals surface area contributed by atoms with Gasteiger partial charge in [-0.05, 0) is 31.2 Å². The summed E-state index contributed by atoms with van der Waals surface area (Å²) in [5, 5.41) is 3.52. The number of para-hydroxylation sites is 1. The number of aromatic amines is 1.